The standard InChI is InChI=1S/C19H18N6O2/c1-3-24-11-14(17(26)13-8-7-12(2)21-18(13)24)19(27)20-10-16-23-22-15-6-4-5-9-25(15)16/h4-9,11H,3,10H2,1-2H3,(H,20,27). The Morgan fingerprint density at radius 3 is 2.85 bits per heavy atom. The van der Waals surface area contributed by atoms with Crippen LogP contribution >= 0.6 is 0 Å². The van der Waals surface area contributed by atoms with Gasteiger partial charge in [-0.1, -0.05) is 6.07 Å². The molecule has 4 aromatic rings. The Bertz CT molecular complexity index is 1220. The van der Waals surface area contributed by atoms with Gasteiger partial charge in [0.1, 0.15) is 11.2 Å². The summed E-state index contributed by atoms with van der Waals surface area (Å²) in [5.41, 5.74) is 1.86. The molecule has 4 aromatic heterocycles. The van der Waals surface area contributed by atoms with Gasteiger partial charge in [0, 0.05) is 24.6 Å². The van der Waals surface area contributed by atoms with Gasteiger partial charge in [-0.15, -0.1) is 10.2 Å². The summed E-state index contributed by atoms with van der Waals surface area (Å²) in [4.78, 5) is 29.9. The van der Waals surface area contributed by atoms with E-state index in [1.165, 1.54) is 0 Å². The van der Waals surface area contributed by atoms with Gasteiger partial charge in [-0.05, 0) is 38.1 Å². The third-order valence-electron chi connectivity index (χ3n) is 4.44. The van der Waals surface area contributed by atoms with Crippen molar-refractivity contribution in [2.45, 2.75) is 26.9 Å². The molecule has 1 amide bonds. The number of hydrogen-bond donors (Lipinski definition) is 1. The van der Waals surface area contributed by atoms with Crippen molar-refractivity contribution in [3.63, 3.8) is 0 Å². The zero-order valence-corrected chi connectivity index (χ0v) is 15.0. The van der Waals surface area contributed by atoms with Crippen LogP contribution in [0.2, 0.25) is 0 Å². The van der Waals surface area contributed by atoms with Crippen LogP contribution in [-0.2, 0) is 13.1 Å². The number of aryl methyl sites for hydroxylation is 2. The highest BCUT2D eigenvalue weighted by Crippen LogP contribution is 2.11. The SMILES string of the molecule is CCn1cc(C(=O)NCc2nnc3ccccn23)c(=O)c2ccc(C)nc21. The summed E-state index contributed by atoms with van der Waals surface area (Å²) in [7, 11) is 0. The van der Waals surface area contributed by atoms with E-state index in [9.17, 15) is 9.59 Å². The Hall–Kier alpha value is -3.55. The minimum Gasteiger partial charge on any atom is -0.345 e. The van der Waals surface area contributed by atoms with Crippen LogP contribution < -0.4 is 10.7 Å². The summed E-state index contributed by atoms with van der Waals surface area (Å²) in [6.45, 7) is 4.58. The fraction of sp³-hybridized carbons (Fsp3) is 0.211. The van der Waals surface area contributed by atoms with Gasteiger partial charge >= 0.3 is 0 Å². The molecule has 0 saturated heterocycles. The van der Waals surface area contributed by atoms with Gasteiger partial charge in [-0.3, -0.25) is 14.0 Å². The van der Waals surface area contributed by atoms with E-state index < -0.39 is 5.91 Å². The lowest BCUT2D eigenvalue weighted by Crippen LogP contribution is -2.30. The van der Waals surface area contributed by atoms with E-state index in [-0.39, 0.29) is 17.5 Å². The molecule has 4 rings (SSSR count). The molecule has 4 heterocycles. The molecular formula is C19H18N6O2. The Morgan fingerprint density at radius 1 is 1.19 bits per heavy atom. The van der Waals surface area contributed by atoms with Crippen molar-refractivity contribution in [3.05, 3.63) is 70.0 Å². The van der Waals surface area contributed by atoms with E-state index in [1.54, 1.807) is 22.7 Å². The van der Waals surface area contributed by atoms with Gasteiger partial charge in [-0.2, -0.15) is 0 Å². The smallest absolute Gasteiger partial charge is 0.257 e. The van der Waals surface area contributed by atoms with Crippen molar-refractivity contribution < 1.29 is 4.79 Å². The Balaban J connectivity index is 1.67. The van der Waals surface area contributed by atoms with E-state index in [4.69, 9.17) is 0 Å². The van der Waals surface area contributed by atoms with Crippen LogP contribution in [0.4, 0.5) is 0 Å². The molecule has 0 aliphatic rings. The number of fused-ring (bicyclic) bond motifs is 2. The van der Waals surface area contributed by atoms with Crippen molar-refractivity contribution in [1.29, 1.82) is 0 Å². The molecule has 1 N–H and O–H groups in total. The van der Waals surface area contributed by atoms with E-state index in [2.05, 4.69) is 20.5 Å². The lowest BCUT2D eigenvalue weighted by Gasteiger charge is -2.11. The molecule has 8 nitrogen and oxygen atoms in total. The minimum absolute atomic E-state index is 0.0869. The molecule has 0 aromatic carbocycles. The number of aromatic nitrogens is 5. The first-order valence-electron chi connectivity index (χ1n) is 8.66. The Kier molecular flexibility index (Phi) is 4.15. The average molecular weight is 362 g/mol. The molecule has 0 spiro atoms. The van der Waals surface area contributed by atoms with Crippen LogP contribution in [0, 0.1) is 6.92 Å². The highest BCUT2D eigenvalue weighted by molar-refractivity contribution is 5.96. The van der Waals surface area contributed by atoms with Crippen molar-refractivity contribution in [2.75, 3.05) is 0 Å². The van der Waals surface area contributed by atoms with Gasteiger partial charge in [0.15, 0.2) is 11.5 Å². The van der Waals surface area contributed by atoms with Crippen LogP contribution in [-0.4, -0.2) is 30.1 Å². The second-order valence-electron chi connectivity index (χ2n) is 6.21. The molecule has 0 bridgehead atoms. The molecule has 0 saturated carbocycles. The molecule has 0 aliphatic carbocycles. The molecule has 136 valence electrons. The number of nitrogens with one attached hydrogen (secondary N) is 1. The molecule has 27 heavy (non-hydrogen) atoms. The summed E-state index contributed by atoms with van der Waals surface area (Å²) in [6, 6.07) is 9.05. The molecule has 0 aliphatic heterocycles. The Morgan fingerprint density at radius 2 is 2.04 bits per heavy atom. The summed E-state index contributed by atoms with van der Waals surface area (Å²) < 4.78 is 3.60. The van der Waals surface area contributed by atoms with Crippen LogP contribution in [0.25, 0.3) is 16.7 Å². The zero-order valence-electron chi connectivity index (χ0n) is 15.0. The number of nitrogens with zero attached hydrogens (tertiary/aromatic N) is 5. The van der Waals surface area contributed by atoms with Crippen LogP contribution in [0.3, 0.4) is 0 Å². The second-order valence-corrected chi connectivity index (χ2v) is 6.21. The van der Waals surface area contributed by atoms with Crippen molar-refractivity contribution in [2.24, 2.45) is 0 Å². The van der Waals surface area contributed by atoms with Gasteiger partial charge in [0.25, 0.3) is 5.91 Å². The Labute approximate surface area is 154 Å². The first-order chi connectivity index (χ1) is 13.1. The molecule has 0 unspecified atom stereocenters. The minimum atomic E-state index is -0.447. The topological polar surface area (TPSA) is 94.2 Å². The maximum absolute atomic E-state index is 12.8. The maximum Gasteiger partial charge on any atom is 0.257 e. The highest BCUT2D eigenvalue weighted by atomic mass is 16.2. The van der Waals surface area contributed by atoms with Gasteiger partial charge in [0.2, 0.25) is 5.43 Å². The predicted octanol–water partition coefficient (Wildman–Crippen LogP) is 1.70. The first kappa shape index (κ1) is 16.9. The van der Waals surface area contributed by atoms with Crippen molar-refractivity contribution in [3.8, 4) is 0 Å². The van der Waals surface area contributed by atoms with Crippen LogP contribution in [0.5, 0.6) is 0 Å². The lowest BCUT2D eigenvalue weighted by molar-refractivity contribution is 0.0948. The fourth-order valence-corrected chi connectivity index (χ4v) is 3.03. The van der Waals surface area contributed by atoms with Crippen LogP contribution in [0.1, 0.15) is 28.8 Å². The summed E-state index contributed by atoms with van der Waals surface area (Å²) in [5, 5.41) is 11.3. The van der Waals surface area contributed by atoms with Gasteiger partial charge in [0.05, 0.1) is 11.9 Å². The number of carbonyl (C=O) groups is 1. The monoisotopic (exact) mass is 362 g/mol. The largest absolute Gasteiger partial charge is 0.345 e. The molecule has 0 fully saturated rings. The molecular weight excluding hydrogens is 344 g/mol. The molecule has 0 radical (unpaired) electrons. The summed E-state index contributed by atoms with van der Waals surface area (Å²) in [5.74, 6) is 0.144. The summed E-state index contributed by atoms with van der Waals surface area (Å²) >= 11 is 0. The quantitative estimate of drug-likeness (QED) is 0.596. The maximum atomic E-state index is 12.8. The third-order valence-corrected chi connectivity index (χ3v) is 4.44. The van der Waals surface area contributed by atoms with Gasteiger partial charge in [-0.25, -0.2) is 4.98 Å². The predicted molar refractivity (Wildman–Crippen MR) is 101 cm³/mol. The highest BCUT2D eigenvalue weighted by Gasteiger charge is 2.16. The number of hydrogen-bond acceptors (Lipinski definition) is 5. The molecule has 8 heteroatoms. The van der Waals surface area contributed by atoms with E-state index in [1.807, 2.05) is 42.8 Å². The normalized spacial score (nSPS) is 11.2. The van der Waals surface area contributed by atoms with E-state index in [0.29, 0.717) is 29.0 Å². The van der Waals surface area contributed by atoms with Gasteiger partial charge < -0.3 is 9.88 Å². The number of rotatable bonds is 4. The average Bonchev–Trinajstić information content (AvgIpc) is 3.09. The first-order valence-corrected chi connectivity index (χ1v) is 8.66. The number of amides is 1. The van der Waals surface area contributed by atoms with Crippen molar-refractivity contribution >= 4 is 22.6 Å². The number of carbonyl (C=O) groups excluding carboxylic acids is 1. The van der Waals surface area contributed by atoms with E-state index >= 15 is 0 Å². The van der Waals surface area contributed by atoms with E-state index in [0.717, 1.165) is 5.69 Å². The third kappa shape index (κ3) is 2.95. The zero-order chi connectivity index (χ0) is 19.0. The molecule has 0 atom stereocenters. The lowest BCUT2D eigenvalue weighted by atomic mass is 10.1. The van der Waals surface area contributed by atoms with Crippen molar-refractivity contribution in [1.82, 2.24) is 29.5 Å². The fourth-order valence-electron chi connectivity index (χ4n) is 3.03. The number of pyridine rings is 3. The summed E-state index contributed by atoms with van der Waals surface area (Å²) in [6.07, 6.45) is 3.39. The van der Waals surface area contributed by atoms with Crippen LogP contribution in [0.15, 0.2) is 47.5 Å². The second kappa shape index (κ2) is 6.64.